The predicted octanol–water partition coefficient (Wildman–Crippen LogP) is -0.649. The molecule has 0 spiro atoms. The minimum Gasteiger partial charge on any atom is -0.481 e. The fraction of sp³-hybridized carbons (Fsp3) is 0.579. The van der Waals surface area contributed by atoms with E-state index in [0.717, 1.165) is 29.4 Å². The summed E-state index contributed by atoms with van der Waals surface area (Å²) in [4.78, 5) is 109. The molecule has 0 bridgehead atoms. The number of para-hydroxylation sites is 1. The number of aromatic nitrogens is 1. The molecule has 2 fully saturated rings. The number of carboxylic acid groups (broad SMARTS) is 1. The number of aliphatic carboxylic acids is 1. The first kappa shape index (κ1) is 46.8. The number of nitrogens with two attached hydrogens (primary N) is 1. The maximum Gasteiger partial charge on any atom is 0.305 e. The van der Waals surface area contributed by atoms with Gasteiger partial charge >= 0.3 is 5.97 Å². The van der Waals surface area contributed by atoms with E-state index < -0.39 is 96.6 Å². The molecule has 0 saturated carbocycles. The Hall–Kier alpha value is -4.86. The normalized spacial score (nSPS) is 25.0. The number of quaternary nitrogens is 1. The Balaban J connectivity index is 1.53. The summed E-state index contributed by atoms with van der Waals surface area (Å²) in [6, 6.07) is 1.42. The summed E-state index contributed by atoms with van der Waals surface area (Å²) in [7, 11) is 8.57. The van der Waals surface area contributed by atoms with Gasteiger partial charge in [-0.15, -0.1) is 0 Å². The van der Waals surface area contributed by atoms with Crippen molar-refractivity contribution in [2.75, 3.05) is 52.3 Å². The summed E-state index contributed by atoms with van der Waals surface area (Å²) in [6.45, 7) is 1.65. The number of fused-ring (bicyclic) bond motifs is 2. The third-order valence-corrected chi connectivity index (χ3v) is 12.2. The molecule has 4 rings (SSSR count). The molecule has 6 atom stereocenters. The second kappa shape index (κ2) is 21.9. The van der Waals surface area contributed by atoms with Gasteiger partial charge in [0.2, 0.25) is 41.4 Å². The Morgan fingerprint density at radius 1 is 0.932 bits per heavy atom. The molecule has 1 aromatic heterocycles. The predicted molar refractivity (Wildman–Crippen MR) is 221 cm³/mol. The molecular weight excluding hydrogens is 807 g/mol. The summed E-state index contributed by atoms with van der Waals surface area (Å²) in [5.41, 5.74) is 7.44. The van der Waals surface area contributed by atoms with Crippen LogP contribution in [0.25, 0.3) is 10.9 Å². The molecular formula is C38H56N9O10S2+. The largest absolute Gasteiger partial charge is 0.481 e. The number of rotatable bonds is 11. The number of hydrogen-bond acceptors (Lipinski definition) is 11. The number of carbonyl (C=O) groups excluding carboxylic acids is 7. The van der Waals surface area contributed by atoms with Crippen molar-refractivity contribution in [2.45, 2.75) is 88.4 Å². The van der Waals surface area contributed by atoms with Crippen LogP contribution in [0.15, 0.2) is 30.5 Å². The van der Waals surface area contributed by atoms with Crippen molar-refractivity contribution in [2.24, 2.45) is 5.73 Å². The average Bonchev–Trinajstić information content (AvgIpc) is 3.79. The van der Waals surface area contributed by atoms with E-state index in [1.807, 2.05) is 51.6 Å². The molecule has 7 amide bonds. The van der Waals surface area contributed by atoms with E-state index in [0.29, 0.717) is 16.7 Å². The lowest BCUT2D eigenvalue weighted by molar-refractivity contribution is -0.870. The lowest BCUT2D eigenvalue weighted by Crippen LogP contribution is -2.58. The van der Waals surface area contributed by atoms with Crippen LogP contribution in [0.4, 0.5) is 0 Å². The number of unbranched alkanes of at least 4 members (excludes halogenated alkanes) is 1. The number of aromatic amines is 1. The summed E-state index contributed by atoms with van der Waals surface area (Å²) in [5, 5.41) is 23.1. The van der Waals surface area contributed by atoms with Gasteiger partial charge < -0.3 is 56.5 Å². The number of primary amides is 1. The highest BCUT2D eigenvalue weighted by Gasteiger charge is 2.43. The van der Waals surface area contributed by atoms with Gasteiger partial charge in [-0.05, 0) is 32.3 Å². The molecule has 3 heterocycles. The Morgan fingerprint density at radius 2 is 1.66 bits per heavy atom. The molecule has 0 aliphatic carbocycles. The second-order valence-corrected chi connectivity index (χ2v) is 18.3. The van der Waals surface area contributed by atoms with Crippen molar-refractivity contribution in [3.05, 3.63) is 36.0 Å². The number of carboxylic acids is 1. The summed E-state index contributed by atoms with van der Waals surface area (Å²) in [5.74, 6) is -6.22. The zero-order valence-corrected chi connectivity index (χ0v) is 35.4. The van der Waals surface area contributed by atoms with Crippen LogP contribution in [0, 0.1) is 0 Å². The molecule has 324 valence electrons. The smallest absolute Gasteiger partial charge is 0.305 e. The van der Waals surface area contributed by atoms with Crippen molar-refractivity contribution >= 4 is 79.8 Å². The number of carbonyl (C=O) groups is 8. The van der Waals surface area contributed by atoms with Gasteiger partial charge in [0.05, 0.1) is 53.4 Å². The van der Waals surface area contributed by atoms with E-state index in [1.165, 1.54) is 33.4 Å². The number of benzene rings is 1. The highest BCUT2D eigenvalue weighted by Crippen LogP contribution is 2.26. The summed E-state index contributed by atoms with van der Waals surface area (Å²) < 4.78 is 6.90. The summed E-state index contributed by atoms with van der Waals surface area (Å²) >= 11 is 0. The van der Waals surface area contributed by atoms with Crippen molar-refractivity contribution in [1.29, 1.82) is 0 Å². The number of amides is 7. The van der Waals surface area contributed by atoms with Crippen LogP contribution in [-0.4, -0.2) is 155 Å². The number of hydrogen-bond donors (Lipinski definition) is 8. The van der Waals surface area contributed by atoms with Gasteiger partial charge in [0.15, 0.2) is 0 Å². The van der Waals surface area contributed by atoms with Crippen LogP contribution >= 0.6 is 21.6 Å². The lowest BCUT2D eigenvalue weighted by Gasteiger charge is -2.28. The molecule has 21 heteroatoms. The Bertz CT molecular complexity index is 1850. The van der Waals surface area contributed by atoms with Gasteiger partial charge in [0, 0.05) is 53.6 Å². The minimum atomic E-state index is -1.64. The maximum absolute atomic E-state index is 14.0. The number of ether oxygens (including phenoxy) is 1. The zero-order valence-electron chi connectivity index (χ0n) is 33.7. The van der Waals surface area contributed by atoms with E-state index in [1.54, 1.807) is 0 Å². The van der Waals surface area contributed by atoms with Gasteiger partial charge in [-0.25, -0.2) is 0 Å². The Kier molecular flexibility index (Phi) is 17.4. The average molecular weight is 863 g/mol. The minimum absolute atomic E-state index is 0.0116. The van der Waals surface area contributed by atoms with Crippen LogP contribution < -0.4 is 32.3 Å². The molecule has 2 aromatic rings. The Morgan fingerprint density at radius 3 is 2.37 bits per heavy atom. The fourth-order valence-electron chi connectivity index (χ4n) is 6.66. The molecule has 0 radical (unpaired) electrons. The SMILES string of the molecule is C[C@@H]1NC(=O)C(CC(=O)O)NC(=O)CNC(=O)[C@H](CCCC[N+](C)(C)C)NC(=O)CCSSCC(C(N)=O)NC(=O)[C@@H]2CC(OCc3c[nH]c4ccccc34)CN2C1=O. The zero-order chi connectivity index (χ0) is 43.3. The van der Waals surface area contributed by atoms with E-state index >= 15 is 0 Å². The molecule has 2 aliphatic rings. The van der Waals surface area contributed by atoms with Gasteiger partial charge in [-0.1, -0.05) is 39.8 Å². The third-order valence-electron chi connectivity index (χ3n) is 9.79. The van der Waals surface area contributed by atoms with E-state index in [-0.39, 0.29) is 38.2 Å². The third kappa shape index (κ3) is 14.7. The Labute approximate surface area is 350 Å². The first-order valence-corrected chi connectivity index (χ1v) is 21.9. The monoisotopic (exact) mass is 862 g/mol. The van der Waals surface area contributed by atoms with Gasteiger partial charge in [0.1, 0.15) is 30.2 Å². The van der Waals surface area contributed by atoms with Gasteiger partial charge in [0.25, 0.3) is 0 Å². The second-order valence-electron chi connectivity index (χ2n) is 15.7. The van der Waals surface area contributed by atoms with Crippen LogP contribution in [0.1, 0.15) is 51.0 Å². The van der Waals surface area contributed by atoms with Crippen molar-refractivity contribution < 1.29 is 52.7 Å². The van der Waals surface area contributed by atoms with Crippen molar-refractivity contribution in [3.63, 3.8) is 0 Å². The first-order valence-electron chi connectivity index (χ1n) is 19.4. The molecule has 19 nitrogen and oxygen atoms in total. The van der Waals surface area contributed by atoms with E-state index in [2.05, 4.69) is 31.6 Å². The highest BCUT2D eigenvalue weighted by atomic mass is 33.1. The molecule has 2 saturated heterocycles. The molecule has 59 heavy (non-hydrogen) atoms. The fourth-order valence-corrected chi connectivity index (χ4v) is 8.82. The van der Waals surface area contributed by atoms with E-state index in [4.69, 9.17) is 10.5 Å². The van der Waals surface area contributed by atoms with Gasteiger partial charge in [-0.3, -0.25) is 38.4 Å². The van der Waals surface area contributed by atoms with Crippen molar-refractivity contribution in [1.82, 2.24) is 36.5 Å². The van der Waals surface area contributed by atoms with Crippen molar-refractivity contribution in [3.8, 4) is 0 Å². The quantitative estimate of drug-likeness (QED) is 0.0796. The highest BCUT2D eigenvalue weighted by molar-refractivity contribution is 8.76. The molecule has 3 unspecified atom stereocenters. The van der Waals surface area contributed by atoms with Crippen LogP contribution in [0.2, 0.25) is 0 Å². The van der Waals surface area contributed by atoms with Crippen LogP contribution in [-0.2, 0) is 49.7 Å². The summed E-state index contributed by atoms with van der Waals surface area (Å²) in [6.07, 6.45) is 2.03. The molecule has 9 N–H and O–H groups in total. The topological polar surface area (TPSA) is 271 Å². The number of H-pyrrole nitrogens is 1. The number of nitrogens with one attached hydrogen (secondary N) is 6. The van der Waals surface area contributed by atoms with Gasteiger partial charge in [-0.2, -0.15) is 0 Å². The standard InChI is InChI=1S/C38H55N9O10S2/c1-22-38(56)46-19-24(57-20-23-17-40-26-10-6-5-9-25(23)26)15-30(46)37(55)45-29(34(39)52)21-59-58-14-12-31(48)43-27(11-7-8-13-47(2,3)4)35(53)41-18-32(49)44-28(16-33(50)51)36(54)42-22/h5-6,9-10,17,22,24,27-30,40H,7-8,11-16,18-21H2,1-4H3,(H7-,39,41,42,43,44,45,48,49,50,51,52,53,54,55)/p+1/t22-,24?,27-,28?,29?,30-/m0/s1. The van der Waals surface area contributed by atoms with E-state index in [9.17, 15) is 43.5 Å². The lowest BCUT2D eigenvalue weighted by atomic mass is 10.1. The first-order chi connectivity index (χ1) is 27.9. The molecule has 2 aliphatic heterocycles. The van der Waals surface area contributed by atoms with Crippen LogP contribution in [0.3, 0.4) is 0 Å². The van der Waals surface area contributed by atoms with Crippen LogP contribution in [0.5, 0.6) is 0 Å². The molecule has 1 aromatic carbocycles. The number of nitrogens with zero attached hydrogens (tertiary/aromatic N) is 2. The maximum atomic E-state index is 14.0.